The first-order chi connectivity index (χ1) is 13.3. The van der Waals surface area contributed by atoms with Crippen molar-refractivity contribution in [2.75, 3.05) is 19.0 Å². The molecule has 0 radical (unpaired) electrons. The molecule has 0 heterocycles. The van der Waals surface area contributed by atoms with E-state index in [0.29, 0.717) is 11.3 Å². The molecule has 0 aliphatic heterocycles. The number of anilines is 1. The molecule has 2 aromatic carbocycles. The Morgan fingerprint density at radius 1 is 1.04 bits per heavy atom. The molecule has 8 heteroatoms. The number of esters is 2. The minimum atomic E-state index is -0.970. The van der Waals surface area contributed by atoms with Crippen molar-refractivity contribution >= 4 is 23.5 Å². The first-order valence-corrected chi connectivity index (χ1v) is 8.41. The molecular weight excluding hydrogens is 369 g/mol. The average molecular weight is 389 g/mol. The Kier molecular flexibility index (Phi) is 7.08. The summed E-state index contributed by atoms with van der Waals surface area (Å²) in [4.78, 5) is 35.6. The van der Waals surface area contributed by atoms with Crippen LogP contribution in [0.1, 0.15) is 34.6 Å². The SMILES string of the molecule is COc1ccc(C(=O)OCC(=O)Nc2ccc(C(=O)OC(C)C)cc2)c(F)c1. The van der Waals surface area contributed by atoms with E-state index in [-0.39, 0.29) is 17.4 Å². The highest BCUT2D eigenvalue weighted by atomic mass is 19.1. The van der Waals surface area contributed by atoms with Gasteiger partial charge in [0.15, 0.2) is 6.61 Å². The molecular formula is C20H20FNO6. The Hall–Kier alpha value is -3.42. The lowest BCUT2D eigenvalue weighted by Crippen LogP contribution is -2.21. The van der Waals surface area contributed by atoms with Crippen molar-refractivity contribution in [2.24, 2.45) is 0 Å². The van der Waals surface area contributed by atoms with E-state index in [2.05, 4.69) is 5.32 Å². The molecule has 0 saturated carbocycles. The molecule has 1 N–H and O–H groups in total. The zero-order chi connectivity index (χ0) is 20.7. The smallest absolute Gasteiger partial charge is 0.341 e. The second-order valence-electron chi connectivity index (χ2n) is 6.00. The number of carbonyl (C=O) groups excluding carboxylic acids is 3. The van der Waals surface area contributed by atoms with Gasteiger partial charge in [-0.15, -0.1) is 0 Å². The fourth-order valence-electron chi connectivity index (χ4n) is 2.17. The summed E-state index contributed by atoms with van der Waals surface area (Å²) in [5.41, 5.74) is 0.437. The topological polar surface area (TPSA) is 90.9 Å². The molecule has 0 fully saturated rings. The predicted molar refractivity (Wildman–Crippen MR) is 98.9 cm³/mol. The van der Waals surface area contributed by atoms with Crippen LogP contribution in [0.2, 0.25) is 0 Å². The number of amides is 1. The number of benzene rings is 2. The molecule has 1 amide bonds. The summed E-state index contributed by atoms with van der Waals surface area (Å²) in [6, 6.07) is 9.69. The molecule has 148 valence electrons. The van der Waals surface area contributed by atoms with Crippen LogP contribution in [0.25, 0.3) is 0 Å². The van der Waals surface area contributed by atoms with E-state index < -0.39 is 30.3 Å². The third kappa shape index (κ3) is 5.80. The van der Waals surface area contributed by atoms with Crippen molar-refractivity contribution in [3.05, 3.63) is 59.4 Å². The van der Waals surface area contributed by atoms with E-state index in [1.165, 1.54) is 43.5 Å². The highest BCUT2D eigenvalue weighted by Crippen LogP contribution is 2.17. The molecule has 7 nitrogen and oxygen atoms in total. The predicted octanol–water partition coefficient (Wildman–Crippen LogP) is 3.20. The number of halogens is 1. The quantitative estimate of drug-likeness (QED) is 0.732. The number of hydrogen-bond acceptors (Lipinski definition) is 6. The van der Waals surface area contributed by atoms with Crippen molar-refractivity contribution in [3.63, 3.8) is 0 Å². The van der Waals surface area contributed by atoms with E-state index in [0.717, 1.165) is 6.07 Å². The molecule has 0 aromatic heterocycles. The number of hydrogen-bond donors (Lipinski definition) is 1. The minimum absolute atomic E-state index is 0.239. The average Bonchev–Trinajstić information content (AvgIpc) is 2.66. The van der Waals surface area contributed by atoms with Crippen molar-refractivity contribution in [2.45, 2.75) is 20.0 Å². The molecule has 0 aliphatic rings. The third-order valence-electron chi connectivity index (χ3n) is 3.48. The first-order valence-electron chi connectivity index (χ1n) is 8.41. The fraction of sp³-hybridized carbons (Fsp3) is 0.250. The van der Waals surface area contributed by atoms with Crippen LogP contribution in [-0.2, 0) is 14.3 Å². The van der Waals surface area contributed by atoms with Crippen LogP contribution in [0.3, 0.4) is 0 Å². The van der Waals surface area contributed by atoms with E-state index in [1.807, 2.05) is 0 Å². The van der Waals surface area contributed by atoms with Crippen molar-refractivity contribution in [3.8, 4) is 5.75 Å². The molecule has 0 unspecified atom stereocenters. The van der Waals surface area contributed by atoms with Crippen molar-refractivity contribution < 1.29 is 33.0 Å². The Labute approximate surface area is 161 Å². The van der Waals surface area contributed by atoms with Crippen molar-refractivity contribution in [1.82, 2.24) is 0 Å². The molecule has 0 spiro atoms. The lowest BCUT2D eigenvalue weighted by molar-refractivity contribution is -0.119. The largest absolute Gasteiger partial charge is 0.497 e. The summed E-state index contributed by atoms with van der Waals surface area (Å²) in [6.07, 6.45) is -0.239. The summed E-state index contributed by atoms with van der Waals surface area (Å²) < 4.78 is 28.6. The van der Waals surface area contributed by atoms with Gasteiger partial charge in [-0.25, -0.2) is 14.0 Å². The van der Waals surface area contributed by atoms with E-state index in [4.69, 9.17) is 14.2 Å². The summed E-state index contributed by atoms with van der Waals surface area (Å²) >= 11 is 0. The maximum absolute atomic E-state index is 13.8. The standard InChI is InChI=1S/C20H20FNO6/c1-12(2)28-19(24)13-4-6-14(7-5-13)22-18(23)11-27-20(25)16-9-8-15(26-3)10-17(16)21/h4-10,12H,11H2,1-3H3,(H,22,23). The van der Waals surface area contributed by atoms with E-state index >= 15 is 0 Å². The molecule has 0 aliphatic carbocycles. The van der Waals surface area contributed by atoms with Gasteiger partial charge in [0, 0.05) is 11.8 Å². The fourth-order valence-corrected chi connectivity index (χ4v) is 2.17. The Bertz CT molecular complexity index is 863. The molecule has 2 aromatic rings. The normalized spacial score (nSPS) is 10.3. The van der Waals surface area contributed by atoms with Gasteiger partial charge in [-0.3, -0.25) is 4.79 Å². The van der Waals surface area contributed by atoms with Crippen LogP contribution in [0, 0.1) is 5.82 Å². The minimum Gasteiger partial charge on any atom is -0.497 e. The number of methoxy groups -OCH3 is 1. The number of rotatable bonds is 7. The van der Waals surface area contributed by atoms with Gasteiger partial charge in [-0.05, 0) is 50.2 Å². The molecule has 0 bridgehead atoms. The van der Waals surface area contributed by atoms with Gasteiger partial charge in [0.1, 0.15) is 11.6 Å². The summed E-state index contributed by atoms with van der Waals surface area (Å²) in [5, 5.41) is 2.51. The zero-order valence-electron chi connectivity index (χ0n) is 15.7. The van der Waals surface area contributed by atoms with Gasteiger partial charge in [0.25, 0.3) is 5.91 Å². The maximum atomic E-state index is 13.8. The number of carbonyl (C=O) groups is 3. The van der Waals surface area contributed by atoms with Crippen LogP contribution in [-0.4, -0.2) is 37.7 Å². The summed E-state index contributed by atoms with van der Waals surface area (Å²) in [5.74, 6) is -2.61. The molecule has 0 atom stereocenters. The van der Waals surface area contributed by atoms with Gasteiger partial charge in [0.05, 0.1) is 24.3 Å². The van der Waals surface area contributed by atoms with E-state index in [9.17, 15) is 18.8 Å². The van der Waals surface area contributed by atoms with Crippen LogP contribution < -0.4 is 10.1 Å². The van der Waals surface area contributed by atoms with Gasteiger partial charge in [0.2, 0.25) is 0 Å². The Balaban J connectivity index is 1.88. The molecule has 2 rings (SSSR count). The summed E-state index contributed by atoms with van der Waals surface area (Å²) in [6.45, 7) is 2.89. The van der Waals surface area contributed by atoms with Gasteiger partial charge in [-0.1, -0.05) is 0 Å². The number of ether oxygens (including phenoxy) is 3. The first kappa shape index (κ1) is 20.9. The van der Waals surface area contributed by atoms with Gasteiger partial charge < -0.3 is 19.5 Å². The Morgan fingerprint density at radius 2 is 1.71 bits per heavy atom. The highest BCUT2D eigenvalue weighted by Gasteiger charge is 2.16. The summed E-state index contributed by atoms with van der Waals surface area (Å²) in [7, 11) is 1.37. The third-order valence-corrected chi connectivity index (χ3v) is 3.48. The molecule has 28 heavy (non-hydrogen) atoms. The van der Waals surface area contributed by atoms with Crippen molar-refractivity contribution in [1.29, 1.82) is 0 Å². The van der Waals surface area contributed by atoms with Gasteiger partial charge >= 0.3 is 11.9 Å². The maximum Gasteiger partial charge on any atom is 0.341 e. The van der Waals surface area contributed by atoms with Crippen LogP contribution >= 0.6 is 0 Å². The van der Waals surface area contributed by atoms with Crippen LogP contribution in [0.4, 0.5) is 10.1 Å². The lowest BCUT2D eigenvalue weighted by Gasteiger charge is -2.09. The van der Waals surface area contributed by atoms with Crippen LogP contribution in [0.5, 0.6) is 5.75 Å². The van der Waals surface area contributed by atoms with E-state index in [1.54, 1.807) is 13.8 Å². The molecule has 0 saturated heterocycles. The number of nitrogens with one attached hydrogen (secondary N) is 1. The highest BCUT2D eigenvalue weighted by molar-refractivity contribution is 5.96. The van der Waals surface area contributed by atoms with Gasteiger partial charge in [-0.2, -0.15) is 0 Å². The Morgan fingerprint density at radius 3 is 2.29 bits per heavy atom. The second-order valence-corrected chi connectivity index (χ2v) is 6.00. The lowest BCUT2D eigenvalue weighted by atomic mass is 10.2. The van der Waals surface area contributed by atoms with Crippen LogP contribution in [0.15, 0.2) is 42.5 Å². The second kappa shape index (κ2) is 9.50. The monoisotopic (exact) mass is 389 g/mol. The zero-order valence-corrected chi connectivity index (χ0v) is 15.7.